The van der Waals surface area contributed by atoms with Gasteiger partial charge in [-0.05, 0) is 26.7 Å². The van der Waals surface area contributed by atoms with E-state index in [4.69, 9.17) is 5.73 Å². The van der Waals surface area contributed by atoms with Crippen molar-refractivity contribution in [1.29, 1.82) is 0 Å². The number of aromatic nitrogens is 3. The summed E-state index contributed by atoms with van der Waals surface area (Å²) in [6.45, 7) is 5.76. The van der Waals surface area contributed by atoms with Crippen LogP contribution in [0.3, 0.4) is 0 Å². The fraction of sp³-hybridized carbons (Fsp3) is 0.700. The Morgan fingerprint density at radius 1 is 1.13 bits per heavy atom. The Bertz CT molecular complexity index is 344. The van der Waals surface area contributed by atoms with Crippen LogP contribution in [-0.2, 0) is 0 Å². The molecule has 0 saturated carbocycles. The molecule has 5 heteroatoms. The van der Waals surface area contributed by atoms with E-state index in [-0.39, 0.29) is 0 Å². The minimum Gasteiger partial charge on any atom is -0.339 e. The first-order valence-corrected chi connectivity index (χ1v) is 5.35. The second-order valence-electron chi connectivity index (χ2n) is 4.11. The molecule has 1 aromatic rings. The van der Waals surface area contributed by atoms with Crippen molar-refractivity contribution in [2.24, 2.45) is 5.73 Å². The lowest BCUT2D eigenvalue weighted by molar-refractivity contribution is 0.493. The van der Waals surface area contributed by atoms with Crippen LogP contribution in [0.2, 0.25) is 0 Å². The van der Waals surface area contributed by atoms with Crippen molar-refractivity contribution < 1.29 is 0 Å². The molecule has 0 atom stereocenters. The van der Waals surface area contributed by atoms with Gasteiger partial charge in [0.05, 0.1) is 11.4 Å². The van der Waals surface area contributed by atoms with Crippen LogP contribution in [0.25, 0.3) is 0 Å². The van der Waals surface area contributed by atoms with Gasteiger partial charge in [-0.3, -0.25) is 0 Å². The summed E-state index contributed by atoms with van der Waals surface area (Å²) < 4.78 is 0. The summed E-state index contributed by atoms with van der Waals surface area (Å²) >= 11 is 0. The van der Waals surface area contributed by atoms with Crippen LogP contribution >= 0.6 is 0 Å². The third kappa shape index (κ3) is 2.23. The highest BCUT2D eigenvalue weighted by molar-refractivity contribution is 5.30. The molecule has 1 aromatic heterocycles. The number of aryl methyl sites for hydroxylation is 2. The molecule has 0 amide bonds. The van der Waals surface area contributed by atoms with Gasteiger partial charge in [-0.25, -0.2) is 4.98 Å². The van der Waals surface area contributed by atoms with Crippen LogP contribution < -0.4 is 10.6 Å². The summed E-state index contributed by atoms with van der Waals surface area (Å²) in [5.41, 5.74) is 7.70. The number of nitrogens with zero attached hydrogens (tertiary/aromatic N) is 4. The summed E-state index contributed by atoms with van der Waals surface area (Å²) in [6, 6.07) is 0.334. The molecule has 5 nitrogen and oxygen atoms in total. The fourth-order valence-electron chi connectivity index (χ4n) is 1.68. The van der Waals surface area contributed by atoms with Gasteiger partial charge in [0.2, 0.25) is 5.95 Å². The molecule has 0 aliphatic carbocycles. The normalized spacial score (nSPS) is 18.2. The number of hydrogen-bond donors (Lipinski definition) is 1. The molecule has 0 unspecified atom stereocenters. The molecule has 15 heavy (non-hydrogen) atoms. The summed E-state index contributed by atoms with van der Waals surface area (Å²) in [7, 11) is 0. The topological polar surface area (TPSA) is 67.9 Å². The molecule has 2 heterocycles. The Morgan fingerprint density at radius 2 is 1.80 bits per heavy atom. The molecule has 0 aromatic carbocycles. The van der Waals surface area contributed by atoms with Crippen LogP contribution in [0.4, 0.5) is 5.95 Å². The number of nitrogens with two attached hydrogens (primary N) is 1. The molecule has 2 N–H and O–H groups in total. The third-order valence-electron chi connectivity index (χ3n) is 2.90. The van der Waals surface area contributed by atoms with E-state index in [0.717, 1.165) is 43.3 Å². The number of hydrogen-bond acceptors (Lipinski definition) is 5. The van der Waals surface area contributed by atoms with Crippen molar-refractivity contribution in [3.8, 4) is 0 Å². The maximum absolute atomic E-state index is 5.85. The van der Waals surface area contributed by atoms with E-state index in [1.54, 1.807) is 0 Å². The molecule has 1 saturated heterocycles. The van der Waals surface area contributed by atoms with E-state index >= 15 is 0 Å². The van der Waals surface area contributed by atoms with Crippen molar-refractivity contribution in [3.63, 3.8) is 0 Å². The van der Waals surface area contributed by atoms with Crippen molar-refractivity contribution in [2.45, 2.75) is 32.7 Å². The van der Waals surface area contributed by atoms with Gasteiger partial charge in [-0.2, -0.15) is 5.10 Å². The van der Waals surface area contributed by atoms with Gasteiger partial charge in [-0.1, -0.05) is 0 Å². The lowest BCUT2D eigenvalue weighted by Crippen LogP contribution is -2.40. The predicted molar refractivity (Wildman–Crippen MR) is 58.7 cm³/mol. The first kappa shape index (κ1) is 10.3. The maximum atomic E-state index is 5.85. The van der Waals surface area contributed by atoms with Crippen LogP contribution in [0.1, 0.15) is 24.2 Å². The van der Waals surface area contributed by atoms with Crippen molar-refractivity contribution in [2.75, 3.05) is 18.0 Å². The third-order valence-corrected chi connectivity index (χ3v) is 2.90. The van der Waals surface area contributed by atoms with E-state index in [1.165, 1.54) is 0 Å². The Balaban J connectivity index is 2.12. The van der Waals surface area contributed by atoms with Crippen LogP contribution in [0, 0.1) is 13.8 Å². The van der Waals surface area contributed by atoms with E-state index < -0.39 is 0 Å². The highest BCUT2D eigenvalue weighted by Gasteiger charge is 2.18. The number of piperidine rings is 1. The van der Waals surface area contributed by atoms with E-state index in [0.29, 0.717) is 6.04 Å². The molecule has 1 aliphatic rings. The van der Waals surface area contributed by atoms with E-state index in [1.807, 2.05) is 13.8 Å². The Hall–Kier alpha value is -1.23. The van der Waals surface area contributed by atoms with Crippen LogP contribution in [0.5, 0.6) is 0 Å². The average molecular weight is 207 g/mol. The largest absolute Gasteiger partial charge is 0.339 e. The predicted octanol–water partition coefficient (Wildman–Crippen LogP) is 0.416. The highest BCUT2D eigenvalue weighted by Crippen LogP contribution is 2.14. The zero-order valence-corrected chi connectivity index (χ0v) is 9.27. The molecule has 1 fully saturated rings. The van der Waals surface area contributed by atoms with Gasteiger partial charge < -0.3 is 10.6 Å². The first-order chi connectivity index (χ1) is 7.16. The minimum absolute atomic E-state index is 0.334. The average Bonchev–Trinajstić information content (AvgIpc) is 2.23. The van der Waals surface area contributed by atoms with Crippen molar-refractivity contribution in [1.82, 2.24) is 15.2 Å². The lowest BCUT2D eigenvalue weighted by atomic mass is 10.1. The molecular formula is C10H17N5. The number of anilines is 1. The molecule has 0 radical (unpaired) electrons. The van der Waals surface area contributed by atoms with Crippen LogP contribution in [0.15, 0.2) is 0 Å². The van der Waals surface area contributed by atoms with Crippen molar-refractivity contribution >= 4 is 5.95 Å². The summed E-state index contributed by atoms with van der Waals surface area (Å²) in [4.78, 5) is 6.59. The molecule has 0 spiro atoms. The molecule has 2 rings (SSSR count). The highest BCUT2D eigenvalue weighted by atomic mass is 15.3. The van der Waals surface area contributed by atoms with E-state index in [2.05, 4.69) is 20.1 Å². The van der Waals surface area contributed by atoms with Gasteiger partial charge in [-0.15, -0.1) is 5.10 Å². The Morgan fingerprint density at radius 3 is 2.40 bits per heavy atom. The fourth-order valence-corrected chi connectivity index (χ4v) is 1.68. The molecule has 0 bridgehead atoms. The SMILES string of the molecule is Cc1nnc(N2CCC(N)CC2)nc1C. The zero-order chi connectivity index (χ0) is 10.8. The standard InChI is InChI=1S/C10H17N5/c1-7-8(2)13-14-10(12-7)15-5-3-9(11)4-6-15/h9H,3-6,11H2,1-2H3. The Kier molecular flexibility index (Phi) is 2.81. The van der Waals surface area contributed by atoms with Gasteiger partial charge in [0, 0.05) is 19.1 Å². The second kappa shape index (κ2) is 4.10. The summed E-state index contributed by atoms with van der Waals surface area (Å²) in [5.74, 6) is 0.741. The smallest absolute Gasteiger partial charge is 0.245 e. The van der Waals surface area contributed by atoms with Gasteiger partial charge in [0.25, 0.3) is 0 Å². The molecule has 1 aliphatic heterocycles. The minimum atomic E-state index is 0.334. The lowest BCUT2D eigenvalue weighted by Gasteiger charge is -2.29. The zero-order valence-electron chi connectivity index (χ0n) is 9.27. The quantitative estimate of drug-likeness (QED) is 0.722. The first-order valence-electron chi connectivity index (χ1n) is 5.35. The summed E-state index contributed by atoms with van der Waals surface area (Å²) in [5, 5.41) is 8.20. The van der Waals surface area contributed by atoms with Gasteiger partial charge in [0.15, 0.2) is 0 Å². The van der Waals surface area contributed by atoms with E-state index in [9.17, 15) is 0 Å². The maximum Gasteiger partial charge on any atom is 0.245 e. The Labute approximate surface area is 89.7 Å². The molecule has 82 valence electrons. The summed E-state index contributed by atoms with van der Waals surface area (Å²) in [6.07, 6.45) is 2.02. The van der Waals surface area contributed by atoms with Crippen molar-refractivity contribution in [3.05, 3.63) is 11.4 Å². The van der Waals surface area contributed by atoms with Crippen LogP contribution in [-0.4, -0.2) is 34.3 Å². The number of rotatable bonds is 1. The van der Waals surface area contributed by atoms with Gasteiger partial charge >= 0.3 is 0 Å². The second-order valence-corrected chi connectivity index (χ2v) is 4.11. The molecular weight excluding hydrogens is 190 g/mol. The van der Waals surface area contributed by atoms with Gasteiger partial charge in [0.1, 0.15) is 0 Å². The monoisotopic (exact) mass is 207 g/mol.